The standard InChI is InChI=1S/C15H12Cl2OS2/c16-11-5-9(7-1-2-7)14(19-11)13(18)15-10(8-3-4-8)6-12(17)20-15/h5-8H,1-4H2. The summed E-state index contributed by atoms with van der Waals surface area (Å²) >= 11 is 15.1. The fourth-order valence-corrected chi connectivity index (χ4v) is 5.20. The molecular formula is C15H12Cl2OS2. The summed E-state index contributed by atoms with van der Waals surface area (Å²) in [5.41, 5.74) is 2.30. The van der Waals surface area contributed by atoms with Gasteiger partial charge in [0.05, 0.1) is 18.4 Å². The maximum absolute atomic E-state index is 12.9. The number of thiophene rings is 2. The molecule has 0 amide bonds. The molecule has 2 saturated carbocycles. The molecule has 1 nitrogen and oxygen atoms in total. The molecule has 2 aliphatic rings. The summed E-state index contributed by atoms with van der Waals surface area (Å²) in [6.07, 6.45) is 4.70. The second kappa shape index (κ2) is 4.84. The molecule has 0 unspecified atom stereocenters. The van der Waals surface area contributed by atoms with Crippen molar-refractivity contribution in [2.75, 3.05) is 0 Å². The van der Waals surface area contributed by atoms with E-state index in [1.54, 1.807) is 0 Å². The normalized spacial score (nSPS) is 18.5. The van der Waals surface area contributed by atoms with Crippen LogP contribution >= 0.6 is 45.9 Å². The van der Waals surface area contributed by atoms with E-state index in [-0.39, 0.29) is 5.78 Å². The van der Waals surface area contributed by atoms with E-state index in [0.29, 0.717) is 20.5 Å². The zero-order chi connectivity index (χ0) is 13.9. The Kier molecular flexibility index (Phi) is 3.22. The lowest BCUT2D eigenvalue weighted by Gasteiger charge is -2.02. The summed E-state index contributed by atoms with van der Waals surface area (Å²) in [5.74, 6) is 1.21. The van der Waals surface area contributed by atoms with Gasteiger partial charge in [0.15, 0.2) is 0 Å². The average molecular weight is 343 g/mol. The molecule has 2 heterocycles. The van der Waals surface area contributed by atoms with Crippen molar-refractivity contribution in [3.8, 4) is 0 Å². The minimum Gasteiger partial charge on any atom is -0.287 e. The summed E-state index contributed by atoms with van der Waals surface area (Å²) in [6.45, 7) is 0. The summed E-state index contributed by atoms with van der Waals surface area (Å²) in [4.78, 5) is 14.5. The van der Waals surface area contributed by atoms with Crippen molar-refractivity contribution >= 4 is 51.7 Å². The Morgan fingerprint density at radius 1 is 0.900 bits per heavy atom. The van der Waals surface area contributed by atoms with E-state index in [4.69, 9.17) is 23.2 Å². The number of carbonyl (C=O) groups is 1. The highest BCUT2D eigenvalue weighted by atomic mass is 35.5. The van der Waals surface area contributed by atoms with Gasteiger partial charge in [0.2, 0.25) is 5.78 Å². The molecule has 104 valence electrons. The van der Waals surface area contributed by atoms with Crippen LogP contribution < -0.4 is 0 Å². The predicted octanol–water partition coefficient (Wildman–Crippen LogP) is 6.10. The molecule has 4 rings (SSSR count). The summed E-state index contributed by atoms with van der Waals surface area (Å²) in [5, 5.41) is 0. The maximum Gasteiger partial charge on any atom is 0.213 e. The van der Waals surface area contributed by atoms with Gasteiger partial charge in [-0.05, 0) is 60.8 Å². The Hall–Kier alpha value is -0.350. The minimum absolute atomic E-state index is 0.127. The van der Waals surface area contributed by atoms with Crippen molar-refractivity contribution in [2.24, 2.45) is 0 Å². The molecule has 0 radical (unpaired) electrons. The molecule has 5 heteroatoms. The molecule has 0 N–H and O–H groups in total. The molecule has 0 atom stereocenters. The van der Waals surface area contributed by atoms with Gasteiger partial charge in [-0.3, -0.25) is 4.79 Å². The summed E-state index contributed by atoms with van der Waals surface area (Å²) in [7, 11) is 0. The molecular weight excluding hydrogens is 331 g/mol. The fraction of sp³-hybridized carbons (Fsp3) is 0.400. The third-order valence-corrected chi connectivity index (χ3v) is 6.47. The summed E-state index contributed by atoms with van der Waals surface area (Å²) < 4.78 is 1.43. The Morgan fingerprint density at radius 3 is 1.65 bits per heavy atom. The number of hydrogen-bond donors (Lipinski definition) is 0. The molecule has 0 spiro atoms. The van der Waals surface area contributed by atoms with Crippen molar-refractivity contribution in [3.63, 3.8) is 0 Å². The van der Waals surface area contributed by atoms with Crippen LogP contribution in [0, 0.1) is 0 Å². The lowest BCUT2D eigenvalue weighted by atomic mass is 10.1. The summed E-state index contributed by atoms with van der Waals surface area (Å²) in [6, 6.07) is 3.95. The van der Waals surface area contributed by atoms with Crippen LogP contribution in [0.1, 0.15) is 63.2 Å². The van der Waals surface area contributed by atoms with Crippen LogP contribution in [0.4, 0.5) is 0 Å². The molecule has 20 heavy (non-hydrogen) atoms. The number of carbonyl (C=O) groups excluding carboxylic acids is 1. The van der Waals surface area contributed by atoms with Gasteiger partial charge in [-0.2, -0.15) is 0 Å². The fourth-order valence-electron chi connectivity index (χ4n) is 2.60. The van der Waals surface area contributed by atoms with Crippen LogP contribution in [0.5, 0.6) is 0 Å². The molecule has 2 aromatic heterocycles. The monoisotopic (exact) mass is 342 g/mol. The Bertz CT molecular complexity index is 635. The Labute approximate surface area is 135 Å². The number of ketones is 1. The highest BCUT2D eigenvalue weighted by molar-refractivity contribution is 7.21. The van der Waals surface area contributed by atoms with Crippen molar-refractivity contribution in [3.05, 3.63) is 41.7 Å². The van der Waals surface area contributed by atoms with Gasteiger partial charge in [0.25, 0.3) is 0 Å². The second-order valence-corrected chi connectivity index (χ2v) is 8.91. The molecule has 0 bridgehead atoms. The third-order valence-electron chi connectivity index (χ3n) is 3.91. The first-order valence-electron chi connectivity index (χ1n) is 6.76. The molecule has 0 aromatic carbocycles. The van der Waals surface area contributed by atoms with Gasteiger partial charge >= 0.3 is 0 Å². The van der Waals surface area contributed by atoms with Crippen LogP contribution in [-0.2, 0) is 0 Å². The molecule has 0 saturated heterocycles. The van der Waals surface area contributed by atoms with E-state index in [2.05, 4.69) is 0 Å². The quantitative estimate of drug-likeness (QED) is 0.613. The topological polar surface area (TPSA) is 17.1 Å². The number of halogens is 2. The minimum atomic E-state index is 0.127. The van der Waals surface area contributed by atoms with Crippen LogP contribution in [0.3, 0.4) is 0 Å². The maximum atomic E-state index is 12.9. The highest BCUT2D eigenvalue weighted by Crippen LogP contribution is 2.49. The molecule has 0 aliphatic heterocycles. The van der Waals surface area contributed by atoms with Crippen LogP contribution in [-0.4, -0.2) is 5.78 Å². The Morgan fingerprint density at radius 2 is 1.30 bits per heavy atom. The first kappa shape index (κ1) is 13.3. The van der Waals surface area contributed by atoms with E-state index in [9.17, 15) is 4.79 Å². The Balaban J connectivity index is 1.77. The van der Waals surface area contributed by atoms with Gasteiger partial charge < -0.3 is 0 Å². The van der Waals surface area contributed by atoms with E-state index in [0.717, 1.165) is 20.9 Å². The van der Waals surface area contributed by atoms with Gasteiger partial charge in [-0.15, -0.1) is 22.7 Å². The van der Waals surface area contributed by atoms with Gasteiger partial charge in [0, 0.05) is 0 Å². The lowest BCUT2D eigenvalue weighted by molar-refractivity contribution is 0.104. The van der Waals surface area contributed by atoms with E-state index in [1.807, 2.05) is 12.1 Å². The van der Waals surface area contributed by atoms with Crippen molar-refractivity contribution in [2.45, 2.75) is 37.5 Å². The average Bonchev–Trinajstić information content (AvgIpc) is 3.33. The largest absolute Gasteiger partial charge is 0.287 e. The SMILES string of the molecule is O=C(c1sc(Cl)cc1C1CC1)c1sc(Cl)cc1C1CC1. The van der Waals surface area contributed by atoms with E-state index >= 15 is 0 Å². The third kappa shape index (κ3) is 2.35. The highest BCUT2D eigenvalue weighted by Gasteiger charge is 2.34. The van der Waals surface area contributed by atoms with Gasteiger partial charge in [0.1, 0.15) is 0 Å². The van der Waals surface area contributed by atoms with Gasteiger partial charge in [-0.25, -0.2) is 0 Å². The lowest BCUT2D eigenvalue weighted by Crippen LogP contribution is -2.01. The van der Waals surface area contributed by atoms with E-state index < -0.39 is 0 Å². The smallest absolute Gasteiger partial charge is 0.213 e. The van der Waals surface area contributed by atoms with Gasteiger partial charge in [-0.1, -0.05) is 23.2 Å². The van der Waals surface area contributed by atoms with Crippen molar-refractivity contribution in [1.29, 1.82) is 0 Å². The van der Waals surface area contributed by atoms with Crippen LogP contribution in [0.15, 0.2) is 12.1 Å². The van der Waals surface area contributed by atoms with E-state index in [1.165, 1.54) is 48.4 Å². The number of rotatable bonds is 4. The molecule has 2 aromatic rings. The second-order valence-electron chi connectivity index (χ2n) is 5.55. The first-order valence-corrected chi connectivity index (χ1v) is 9.15. The predicted molar refractivity (Wildman–Crippen MR) is 86.0 cm³/mol. The molecule has 2 fully saturated rings. The van der Waals surface area contributed by atoms with Crippen LogP contribution in [0.25, 0.3) is 0 Å². The van der Waals surface area contributed by atoms with Crippen LogP contribution in [0.2, 0.25) is 8.67 Å². The first-order chi connectivity index (χ1) is 9.63. The molecule has 2 aliphatic carbocycles. The van der Waals surface area contributed by atoms with Crippen molar-refractivity contribution in [1.82, 2.24) is 0 Å². The zero-order valence-corrected chi connectivity index (χ0v) is 13.8. The zero-order valence-electron chi connectivity index (χ0n) is 10.6. The number of hydrogen-bond acceptors (Lipinski definition) is 3. The van der Waals surface area contributed by atoms with Crippen molar-refractivity contribution < 1.29 is 4.79 Å².